The predicted octanol–water partition coefficient (Wildman–Crippen LogP) is 9.58. The maximum atomic E-state index is 13.4. The van der Waals surface area contributed by atoms with Gasteiger partial charge in [0, 0.05) is 34.2 Å². The van der Waals surface area contributed by atoms with Crippen LogP contribution in [-0.2, 0) is 50.1 Å². The van der Waals surface area contributed by atoms with Gasteiger partial charge in [0.05, 0.1) is 29.4 Å². The minimum atomic E-state index is -3.88. The Morgan fingerprint density at radius 1 is 0.574 bits per heavy atom. The molecule has 0 aliphatic heterocycles. The standard InChI is InChI=1S/C30H27FN2O2S.C23H20ClFN2O4S/c1-21-16-26(36-20-23-10-6-3-7-11-23)14-12-24(21)18-29(34)28(17-22-8-4-2-5-9-22)33-30(35)27-15-13-25(31)19-32-27;1-15-11-19(32(24,30)31)9-7-17(15)13-22(28)21(12-16-5-3-2-4-6-16)27-23(29)20-10-8-18(25)14-26-20/h2-16,19,28H,17-18,20H2,1H3,(H,33,35);2-11,14,21H,12-13H2,1H3,(H,27,29)/t28-;21-/m00/s1. The van der Waals surface area contributed by atoms with Crippen molar-refractivity contribution in [2.24, 2.45) is 0 Å². The van der Waals surface area contributed by atoms with E-state index < -0.39 is 44.6 Å². The minimum absolute atomic E-state index is 0.00915. The van der Waals surface area contributed by atoms with Gasteiger partial charge in [-0.3, -0.25) is 19.2 Å². The lowest BCUT2D eigenvalue weighted by Gasteiger charge is -2.19. The van der Waals surface area contributed by atoms with Crippen LogP contribution in [0.3, 0.4) is 0 Å². The number of nitrogens with zero attached hydrogens (tertiary/aromatic N) is 2. The lowest BCUT2D eigenvalue weighted by Crippen LogP contribution is -2.43. The number of pyridine rings is 2. The van der Waals surface area contributed by atoms with E-state index in [-0.39, 0.29) is 47.1 Å². The Balaban J connectivity index is 0.000000226. The van der Waals surface area contributed by atoms with Crippen LogP contribution < -0.4 is 10.6 Å². The molecule has 0 aliphatic rings. The zero-order valence-electron chi connectivity index (χ0n) is 37.1. The van der Waals surface area contributed by atoms with Crippen molar-refractivity contribution in [3.8, 4) is 0 Å². The molecule has 7 rings (SSSR count). The van der Waals surface area contributed by atoms with Gasteiger partial charge >= 0.3 is 0 Å². The van der Waals surface area contributed by atoms with Crippen LogP contribution in [0.4, 0.5) is 8.78 Å². The fourth-order valence-electron chi connectivity index (χ4n) is 7.01. The molecule has 0 radical (unpaired) electrons. The summed E-state index contributed by atoms with van der Waals surface area (Å²) in [7, 11) is 1.50. The van der Waals surface area contributed by atoms with Crippen LogP contribution in [0.1, 0.15) is 59.9 Å². The number of carbonyl (C=O) groups excluding carboxylic acids is 4. The molecule has 5 aromatic carbocycles. The van der Waals surface area contributed by atoms with Crippen molar-refractivity contribution in [1.82, 2.24) is 20.6 Å². The third kappa shape index (κ3) is 15.3. The van der Waals surface area contributed by atoms with Crippen LogP contribution in [0.5, 0.6) is 0 Å². The molecule has 0 spiro atoms. The first-order valence-electron chi connectivity index (χ1n) is 21.4. The molecule has 348 valence electrons. The van der Waals surface area contributed by atoms with Gasteiger partial charge < -0.3 is 10.6 Å². The number of amides is 2. The molecule has 15 heteroatoms. The number of benzene rings is 5. The van der Waals surface area contributed by atoms with Crippen LogP contribution in [0.2, 0.25) is 0 Å². The van der Waals surface area contributed by atoms with Gasteiger partial charge in [-0.1, -0.05) is 103 Å². The molecule has 2 heterocycles. The average molecular weight is 974 g/mol. The third-order valence-corrected chi connectivity index (χ3v) is 13.2. The molecule has 0 fully saturated rings. The fraction of sp³-hybridized carbons (Fsp3) is 0.170. The second-order valence-electron chi connectivity index (χ2n) is 15.8. The number of aryl methyl sites for hydroxylation is 2. The van der Waals surface area contributed by atoms with Crippen molar-refractivity contribution in [2.45, 2.75) is 67.2 Å². The first kappa shape index (κ1) is 50.5. The molecule has 7 aromatic rings. The first-order chi connectivity index (χ1) is 32.6. The molecule has 0 unspecified atom stereocenters. The Morgan fingerprint density at radius 3 is 1.40 bits per heavy atom. The maximum Gasteiger partial charge on any atom is 0.270 e. The minimum Gasteiger partial charge on any atom is -0.341 e. The highest BCUT2D eigenvalue weighted by atomic mass is 35.7. The van der Waals surface area contributed by atoms with Crippen LogP contribution in [0, 0.1) is 25.5 Å². The Bertz CT molecular complexity index is 2950. The van der Waals surface area contributed by atoms with Gasteiger partial charge in [-0.2, -0.15) is 0 Å². The number of hydrogen-bond acceptors (Lipinski definition) is 9. The highest BCUT2D eigenvalue weighted by Crippen LogP contribution is 2.26. The summed E-state index contributed by atoms with van der Waals surface area (Å²) in [6.45, 7) is 3.68. The summed E-state index contributed by atoms with van der Waals surface area (Å²) in [6.07, 6.45) is 2.70. The van der Waals surface area contributed by atoms with Gasteiger partial charge in [-0.25, -0.2) is 27.2 Å². The van der Waals surface area contributed by atoms with Crippen molar-refractivity contribution in [3.05, 3.63) is 226 Å². The monoisotopic (exact) mass is 972 g/mol. The van der Waals surface area contributed by atoms with E-state index in [1.165, 1.54) is 42.0 Å². The van der Waals surface area contributed by atoms with Crippen LogP contribution >= 0.6 is 22.4 Å². The number of nitrogens with one attached hydrogen (secondary N) is 2. The second kappa shape index (κ2) is 24.2. The summed E-state index contributed by atoms with van der Waals surface area (Å²) in [4.78, 5) is 60.6. The molecule has 0 aliphatic carbocycles. The van der Waals surface area contributed by atoms with Gasteiger partial charge in [0.1, 0.15) is 23.0 Å². The maximum absolute atomic E-state index is 13.4. The van der Waals surface area contributed by atoms with Gasteiger partial charge in [-0.15, -0.1) is 11.8 Å². The molecular formula is C53H47ClF2N4O6S2. The molecule has 0 saturated carbocycles. The van der Waals surface area contributed by atoms with Crippen molar-refractivity contribution in [2.75, 3.05) is 0 Å². The number of Topliss-reactive ketones (excluding diaryl/α,β-unsaturated/α-hetero) is 2. The number of hydrogen-bond donors (Lipinski definition) is 2. The summed E-state index contributed by atoms with van der Waals surface area (Å²) in [6, 6.07) is 42.7. The highest BCUT2D eigenvalue weighted by Gasteiger charge is 2.25. The van der Waals surface area contributed by atoms with Gasteiger partial charge in [0.15, 0.2) is 11.6 Å². The number of aromatic nitrogens is 2. The number of ketones is 2. The van der Waals surface area contributed by atoms with Crippen LogP contribution in [0.15, 0.2) is 174 Å². The van der Waals surface area contributed by atoms with Crippen molar-refractivity contribution >= 4 is 54.9 Å². The van der Waals surface area contributed by atoms with Crippen molar-refractivity contribution < 1.29 is 36.4 Å². The lowest BCUT2D eigenvalue weighted by molar-refractivity contribution is -0.121. The summed E-state index contributed by atoms with van der Waals surface area (Å²) in [5.74, 6) is -1.69. The lowest BCUT2D eigenvalue weighted by atomic mass is 9.95. The largest absolute Gasteiger partial charge is 0.341 e. The molecule has 68 heavy (non-hydrogen) atoms. The topological polar surface area (TPSA) is 152 Å². The van der Waals surface area contributed by atoms with E-state index in [1.54, 1.807) is 18.7 Å². The number of carbonyl (C=O) groups is 4. The zero-order valence-corrected chi connectivity index (χ0v) is 39.5. The van der Waals surface area contributed by atoms with E-state index >= 15 is 0 Å². The van der Waals surface area contributed by atoms with Gasteiger partial charge in [0.2, 0.25) is 0 Å². The SMILES string of the molecule is Cc1cc(S(=O)(=O)Cl)ccc1CC(=O)[C@H](Cc1ccccc1)NC(=O)c1ccc(F)cn1.Cc1cc(SCc2ccccc2)ccc1CC(=O)[C@H](Cc1ccccc1)NC(=O)c1ccc(F)cn1. The summed E-state index contributed by atoms with van der Waals surface area (Å²) < 4.78 is 49.4. The zero-order chi connectivity index (χ0) is 48.6. The molecule has 2 atom stereocenters. The van der Waals surface area contributed by atoms with E-state index in [9.17, 15) is 36.4 Å². The van der Waals surface area contributed by atoms with E-state index in [1.807, 2.05) is 97.9 Å². The molecular weight excluding hydrogens is 926 g/mol. The van der Waals surface area contributed by atoms with E-state index in [0.717, 1.165) is 51.4 Å². The van der Waals surface area contributed by atoms with E-state index in [2.05, 4.69) is 38.8 Å². The smallest absolute Gasteiger partial charge is 0.270 e. The second-order valence-corrected chi connectivity index (χ2v) is 19.4. The Kier molecular flexibility index (Phi) is 18.0. The Hall–Kier alpha value is -6.87. The Labute approximate surface area is 403 Å². The summed E-state index contributed by atoms with van der Waals surface area (Å²) >= 11 is 1.75. The number of thioether (sulfide) groups is 1. The van der Waals surface area contributed by atoms with Gasteiger partial charge in [-0.05, 0) is 114 Å². The van der Waals surface area contributed by atoms with Crippen LogP contribution in [0.25, 0.3) is 0 Å². The van der Waals surface area contributed by atoms with E-state index in [4.69, 9.17) is 10.7 Å². The van der Waals surface area contributed by atoms with Crippen molar-refractivity contribution in [1.29, 1.82) is 0 Å². The quantitative estimate of drug-likeness (QED) is 0.0633. The predicted molar refractivity (Wildman–Crippen MR) is 260 cm³/mol. The molecule has 2 amide bonds. The number of rotatable bonds is 18. The summed E-state index contributed by atoms with van der Waals surface area (Å²) in [5.41, 5.74) is 6.27. The van der Waals surface area contributed by atoms with Gasteiger partial charge in [0.25, 0.3) is 20.9 Å². The molecule has 2 aromatic heterocycles. The van der Waals surface area contributed by atoms with E-state index in [0.29, 0.717) is 17.5 Å². The molecule has 0 bridgehead atoms. The third-order valence-electron chi connectivity index (χ3n) is 10.8. The summed E-state index contributed by atoms with van der Waals surface area (Å²) in [5, 5.41) is 5.50. The Morgan fingerprint density at radius 2 is 1.00 bits per heavy atom. The van der Waals surface area contributed by atoms with Crippen LogP contribution in [-0.4, -0.2) is 53.9 Å². The fourth-order valence-corrected chi connectivity index (χ4v) is 8.80. The molecule has 10 nitrogen and oxygen atoms in total. The molecule has 2 N–H and O–H groups in total. The first-order valence-corrected chi connectivity index (χ1v) is 24.7. The number of halogens is 3. The molecule has 0 saturated heterocycles. The van der Waals surface area contributed by atoms with Crippen molar-refractivity contribution in [3.63, 3.8) is 0 Å². The average Bonchev–Trinajstić information content (AvgIpc) is 3.33. The normalized spacial score (nSPS) is 11.9. The highest BCUT2D eigenvalue weighted by molar-refractivity contribution is 8.13.